The van der Waals surface area contributed by atoms with Gasteiger partial charge in [-0.3, -0.25) is 14.7 Å². The molecule has 2 saturated heterocycles. The number of benzene rings is 1. The van der Waals surface area contributed by atoms with E-state index >= 15 is 0 Å². The second-order valence-electron chi connectivity index (χ2n) is 10.2. The molecule has 0 bridgehead atoms. The SMILES string of the molecule is Cc1ccc2c(c1)CCc1cc(Br)cnc1[C@@H]2N1CCN(C(=O)CC2CCN(C(N)=O)CC2)CC1. The molecule has 3 amide bonds. The van der Waals surface area contributed by atoms with Gasteiger partial charge < -0.3 is 15.5 Å². The summed E-state index contributed by atoms with van der Waals surface area (Å²) in [5.74, 6) is 0.573. The zero-order chi connectivity index (χ0) is 24.5. The second-order valence-corrected chi connectivity index (χ2v) is 11.1. The van der Waals surface area contributed by atoms with Crippen LogP contribution >= 0.6 is 15.9 Å². The van der Waals surface area contributed by atoms with E-state index < -0.39 is 0 Å². The summed E-state index contributed by atoms with van der Waals surface area (Å²) < 4.78 is 1.02. The Kier molecular flexibility index (Phi) is 7.12. The minimum Gasteiger partial charge on any atom is -0.351 e. The molecule has 1 atom stereocenters. The number of primary amides is 1. The Balaban J connectivity index is 1.28. The molecule has 2 N–H and O–H groups in total. The van der Waals surface area contributed by atoms with Crippen molar-refractivity contribution in [3.63, 3.8) is 0 Å². The van der Waals surface area contributed by atoms with Gasteiger partial charge in [0.2, 0.25) is 5.91 Å². The van der Waals surface area contributed by atoms with Gasteiger partial charge >= 0.3 is 6.03 Å². The second kappa shape index (κ2) is 10.3. The van der Waals surface area contributed by atoms with Gasteiger partial charge in [-0.2, -0.15) is 0 Å². The molecule has 0 spiro atoms. The summed E-state index contributed by atoms with van der Waals surface area (Å²) >= 11 is 3.61. The number of fused-ring (bicyclic) bond motifs is 2. The van der Waals surface area contributed by atoms with Gasteiger partial charge in [-0.25, -0.2) is 4.79 Å². The number of rotatable bonds is 3. The summed E-state index contributed by atoms with van der Waals surface area (Å²) in [5, 5.41) is 0. The standard InChI is InChI=1S/C27H34BrN5O2/c1-18-2-5-23-20(14-18)3-4-21-16-22(28)17-30-25(21)26(23)32-12-10-31(11-13-32)24(34)15-19-6-8-33(9-7-19)27(29)35/h2,5,14,16-17,19,26H,3-4,6-13,15H2,1H3,(H2,29,35)/t26-/m1/s1. The van der Waals surface area contributed by atoms with E-state index in [2.05, 4.69) is 52.0 Å². The number of urea groups is 1. The maximum Gasteiger partial charge on any atom is 0.314 e. The van der Waals surface area contributed by atoms with Crippen LogP contribution in [-0.4, -0.2) is 70.9 Å². The highest BCUT2D eigenvalue weighted by atomic mass is 79.9. The van der Waals surface area contributed by atoms with Crippen LogP contribution in [0.2, 0.25) is 0 Å². The van der Waals surface area contributed by atoms with E-state index in [1.807, 2.05) is 11.1 Å². The largest absolute Gasteiger partial charge is 0.351 e. The Morgan fingerprint density at radius 2 is 1.71 bits per heavy atom. The molecule has 2 fully saturated rings. The molecule has 35 heavy (non-hydrogen) atoms. The van der Waals surface area contributed by atoms with Crippen LogP contribution < -0.4 is 5.73 Å². The first-order valence-corrected chi connectivity index (χ1v) is 13.5. The zero-order valence-electron chi connectivity index (χ0n) is 20.4. The van der Waals surface area contributed by atoms with Crippen molar-refractivity contribution < 1.29 is 9.59 Å². The number of amides is 3. The summed E-state index contributed by atoms with van der Waals surface area (Å²) in [5.41, 5.74) is 11.9. The number of carbonyl (C=O) groups is 2. The first-order valence-electron chi connectivity index (χ1n) is 12.7. The van der Waals surface area contributed by atoms with Gasteiger partial charge in [0.15, 0.2) is 0 Å². The molecule has 1 aromatic heterocycles. The molecule has 1 aromatic carbocycles. The maximum absolute atomic E-state index is 13.1. The summed E-state index contributed by atoms with van der Waals surface area (Å²) in [6.07, 6.45) is 6.19. The Labute approximate surface area is 215 Å². The maximum atomic E-state index is 13.1. The smallest absolute Gasteiger partial charge is 0.314 e. The molecular formula is C27H34BrN5O2. The molecule has 3 aliphatic rings. The number of hydrogen-bond acceptors (Lipinski definition) is 4. The summed E-state index contributed by atoms with van der Waals surface area (Å²) in [7, 11) is 0. The molecule has 0 saturated carbocycles. The number of pyridine rings is 1. The summed E-state index contributed by atoms with van der Waals surface area (Å²) in [6.45, 7) is 6.62. The average Bonchev–Trinajstić information content (AvgIpc) is 3.00. The van der Waals surface area contributed by atoms with E-state index in [-0.39, 0.29) is 18.0 Å². The van der Waals surface area contributed by atoms with E-state index in [9.17, 15) is 9.59 Å². The molecule has 8 heteroatoms. The molecule has 186 valence electrons. The number of nitrogens with two attached hydrogens (primary N) is 1. The topological polar surface area (TPSA) is 82.8 Å². The molecular weight excluding hydrogens is 506 g/mol. The number of carbonyl (C=O) groups excluding carboxylic acids is 2. The van der Waals surface area contributed by atoms with Gasteiger partial charge in [-0.05, 0) is 77.2 Å². The molecule has 1 aliphatic carbocycles. The predicted octanol–water partition coefficient (Wildman–Crippen LogP) is 3.67. The molecule has 7 nitrogen and oxygen atoms in total. The lowest BCUT2D eigenvalue weighted by Gasteiger charge is -2.40. The van der Waals surface area contributed by atoms with Gasteiger partial charge in [-0.1, -0.05) is 23.8 Å². The van der Waals surface area contributed by atoms with Gasteiger partial charge in [-0.15, -0.1) is 0 Å². The molecule has 5 rings (SSSR count). The van der Waals surface area contributed by atoms with E-state index in [0.717, 1.165) is 62.0 Å². The highest BCUT2D eigenvalue weighted by Crippen LogP contribution is 2.37. The van der Waals surface area contributed by atoms with Crippen molar-refractivity contribution in [2.75, 3.05) is 39.3 Å². The first-order chi connectivity index (χ1) is 16.9. The van der Waals surface area contributed by atoms with Crippen LogP contribution in [0.5, 0.6) is 0 Å². The number of nitrogens with zero attached hydrogens (tertiary/aromatic N) is 4. The molecule has 0 unspecified atom stereocenters. The van der Waals surface area contributed by atoms with Crippen LogP contribution in [0, 0.1) is 12.8 Å². The highest BCUT2D eigenvalue weighted by Gasteiger charge is 2.34. The third-order valence-corrected chi connectivity index (χ3v) is 8.34. The van der Waals surface area contributed by atoms with Crippen molar-refractivity contribution in [1.82, 2.24) is 19.7 Å². The van der Waals surface area contributed by atoms with Crippen molar-refractivity contribution in [3.8, 4) is 0 Å². The summed E-state index contributed by atoms with van der Waals surface area (Å²) in [4.78, 5) is 35.6. The van der Waals surface area contributed by atoms with Gasteiger partial charge in [0, 0.05) is 56.4 Å². The summed E-state index contributed by atoms with van der Waals surface area (Å²) in [6, 6.07) is 8.80. The first kappa shape index (κ1) is 24.3. The number of piperazine rings is 1. The van der Waals surface area contributed by atoms with Crippen molar-refractivity contribution in [2.24, 2.45) is 11.7 Å². The van der Waals surface area contributed by atoms with E-state index in [0.29, 0.717) is 25.4 Å². The van der Waals surface area contributed by atoms with Crippen LogP contribution in [0.1, 0.15) is 53.3 Å². The number of piperidine rings is 1. The number of likely N-dealkylation sites (tertiary alicyclic amines) is 1. The zero-order valence-corrected chi connectivity index (χ0v) is 22.0. The third-order valence-electron chi connectivity index (χ3n) is 7.91. The number of aryl methyl sites for hydroxylation is 3. The lowest BCUT2D eigenvalue weighted by Crippen LogP contribution is -2.50. The van der Waals surface area contributed by atoms with Gasteiger partial charge in [0.05, 0.1) is 11.7 Å². The van der Waals surface area contributed by atoms with Crippen molar-refractivity contribution in [3.05, 3.63) is 62.9 Å². The molecule has 2 aromatic rings. The Morgan fingerprint density at radius 1 is 1.00 bits per heavy atom. The number of aromatic nitrogens is 1. The fourth-order valence-electron chi connectivity index (χ4n) is 5.91. The van der Waals surface area contributed by atoms with Gasteiger partial charge in [0.1, 0.15) is 0 Å². The van der Waals surface area contributed by atoms with E-state index in [1.54, 1.807) is 4.90 Å². The van der Waals surface area contributed by atoms with Gasteiger partial charge in [0.25, 0.3) is 0 Å². The Morgan fingerprint density at radius 3 is 2.43 bits per heavy atom. The molecule has 3 heterocycles. The van der Waals surface area contributed by atoms with Crippen molar-refractivity contribution >= 4 is 27.9 Å². The highest BCUT2D eigenvalue weighted by molar-refractivity contribution is 9.10. The van der Waals surface area contributed by atoms with Crippen LogP contribution in [0.3, 0.4) is 0 Å². The lowest BCUT2D eigenvalue weighted by molar-refractivity contribution is -0.134. The third kappa shape index (κ3) is 5.23. The molecule has 2 aliphatic heterocycles. The number of halogens is 1. The normalized spacial score (nSPS) is 21.3. The minimum atomic E-state index is -0.357. The van der Waals surface area contributed by atoms with Crippen LogP contribution in [0.15, 0.2) is 34.9 Å². The number of hydrogen-bond donors (Lipinski definition) is 1. The fourth-order valence-corrected chi connectivity index (χ4v) is 6.28. The Bertz CT molecular complexity index is 1050. The fraction of sp³-hybridized carbons (Fsp3) is 0.519. The van der Waals surface area contributed by atoms with Crippen LogP contribution in [0.4, 0.5) is 4.79 Å². The predicted molar refractivity (Wildman–Crippen MR) is 139 cm³/mol. The van der Waals surface area contributed by atoms with Crippen molar-refractivity contribution in [1.29, 1.82) is 0 Å². The van der Waals surface area contributed by atoms with Crippen molar-refractivity contribution in [2.45, 2.75) is 45.1 Å². The Hall–Kier alpha value is -2.45. The molecule has 0 radical (unpaired) electrons. The quantitative estimate of drug-likeness (QED) is 0.645. The lowest BCUT2D eigenvalue weighted by atomic mass is 9.92. The van der Waals surface area contributed by atoms with E-state index in [1.165, 1.54) is 22.3 Å². The minimum absolute atomic E-state index is 0.117. The average molecular weight is 541 g/mol. The van der Waals surface area contributed by atoms with E-state index in [4.69, 9.17) is 10.7 Å². The van der Waals surface area contributed by atoms with Crippen LogP contribution in [-0.2, 0) is 17.6 Å². The monoisotopic (exact) mass is 539 g/mol. The van der Waals surface area contributed by atoms with Crippen LogP contribution in [0.25, 0.3) is 0 Å².